The predicted molar refractivity (Wildman–Crippen MR) is 79.5 cm³/mol. The summed E-state index contributed by atoms with van der Waals surface area (Å²) in [6.45, 7) is 2.77. The Morgan fingerprint density at radius 1 is 1.24 bits per heavy atom. The van der Waals surface area contributed by atoms with Crippen molar-refractivity contribution in [1.29, 1.82) is 0 Å². The van der Waals surface area contributed by atoms with E-state index < -0.39 is 0 Å². The SMILES string of the molecule is NCc1ccc(-c2noc(C3CC34CCNCC4)n2)cc1. The van der Waals surface area contributed by atoms with Crippen LogP contribution in [0.3, 0.4) is 0 Å². The molecule has 1 unspecified atom stereocenters. The van der Waals surface area contributed by atoms with Gasteiger partial charge in [0.1, 0.15) is 0 Å². The first-order valence-corrected chi connectivity index (χ1v) is 7.64. The topological polar surface area (TPSA) is 77.0 Å². The van der Waals surface area contributed by atoms with Crippen LogP contribution in [0.5, 0.6) is 0 Å². The zero-order chi connectivity index (χ0) is 14.3. The van der Waals surface area contributed by atoms with Gasteiger partial charge in [0.05, 0.1) is 0 Å². The summed E-state index contributed by atoms with van der Waals surface area (Å²) in [6, 6.07) is 8.03. The lowest BCUT2D eigenvalue weighted by molar-refractivity contribution is 0.311. The van der Waals surface area contributed by atoms with Gasteiger partial charge in [-0.05, 0) is 43.3 Å². The van der Waals surface area contributed by atoms with E-state index in [1.54, 1.807) is 0 Å². The zero-order valence-electron chi connectivity index (χ0n) is 12.0. The Morgan fingerprint density at radius 3 is 2.71 bits per heavy atom. The van der Waals surface area contributed by atoms with Crippen LogP contribution >= 0.6 is 0 Å². The minimum absolute atomic E-state index is 0.429. The number of hydrogen-bond acceptors (Lipinski definition) is 5. The first-order chi connectivity index (χ1) is 10.3. The molecule has 2 aromatic rings. The molecule has 1 atom stereocenters. The summed E-state index contributed by atoms with van der Waals surface area (Å²) in [5.74, 6) is 1.96. The average molecular weight is 284 g/mol. The average Bonchev–Trinajstić information content (AvgIpc) is 3.01. The van der Waals surface area contributed by atoms with E-state index >= 15 is 0 Å². The third-order valence-corrected chi connectivity index (χ3v) is 4.98. The third kappa shape index (κ3) is 2.26. The van der Waals surface area contributed by atoms with Crippen molar-refractivity contribution >= 4 is 0 Å². The second-order valence-electron chi connectivity index (χ2n) is 6.23. The molecule has 1 aromatic heterocycles. The van der Waals surface area contributed by atoms with Crippen LogP contribution in [0.25, 0.3) is 11.4 Å². The van der Waals surface area contributed by atoms with Gasteiger partial charge in [-0.2, -0.15) is 4.98 Å². The zero-order valence-corrected chi connectivity index (χ0v) is 12.0. The van der Waals surface area contributed by atoms with Crippen LogP contribution in [-0.2, 0) is 6.54 Å². The Morgan fingerprint density at radius 2 is 2.00 bits per heavy atom. The number of aromatic nitrogens is 2. The first kappa shape index (κ1) is 13.0. The number of rotatable bonds is 3. The molecule has 0 radical (unpaired) electrons. The molecule has 5 heteroatoms. The van der Waals surface area contributed by atoms with Crippen molar-refractivity contribution in [2.45, 2.75) is 31.7 Å². The Hall–Kier alpha value is -1.72. The summed E-state index contributed by atoms with van der Waals surface area (Å²) in [7, 11) is 0. The maximum atomic E-state index is 5.61. The van der Waals surface area contributed by atoms with Crippen LogP contribution in [0.4, 0.5) is 0 Å². The lowest BCUT2D eigenvalue weighted by Crippen LogP contribution is -2.29. The summed E-state index contributed by atoms with van der Waals surface area (Å²) in [4.78, 5) is 4.62. The molecule has 2 heterocycles. The van der Waals surface area contributed by atoms with Crippen LogP contribution in [0.1, 0.15) is 36.6 Å². The van der Waals surface area contributed by atoms with E-state index in [0.717, 1.165) is 30.1 Å². The smallest absolute Gasteiger partial charge is 0.230 e. The Kier molecular flexibility index (Phi) is 3.05. The molecule has 1 spiro atoms. The molecule has 1 aliphatic carbocycles. The second-order valence-corrected chi connectivity index (χ2v) is 6.23. The van der Waals surface area contributed by atoms with E-state index in [1.165, 1.54) is 19.3 Å². The summed E-state index contributed by atoms with van der Waals surface area (Å²) in [5, 5.41) is 7.57. The fourth-order valence-electron chi connectivity index (χ4n) is 3.46. The highest BCUT2D eigenvalue weighted by molar-refractivity contribution is 5.54. The third-order valence-electron chi connectivity index (χ3n) is 4.98. The molecule has 1 saturated heterocycles. The Labute approximate surface area is 123 Å². The monoisotopic (exact) mass is 284 g/mol. The van der Waals surface area contributed by atoms with Crippen LogP contribution in [-0.4, -0.2) is 23.2 Å². The van der Waals surface area contributed by atoms with E-state index in [1.807, 2.05) is 24.3 Å². The molecular weight excluding hydrogens is 264 g/mol. The lowest BCUT2D eigenvalue weighted by atomic mass is 9.92. The predicted octanol–water partition coefficient (Wildman–Crippen LogP) is 2.05. The number of nitrogens with two attached hydrogens (primary N) is 1. The van der Waals surface area contributed by atoms with Crippen molar-refractivity contribution in [3.8, 4) is 11.4 Å². The minimum Gasteiger partial charge on any atom is -0.339 e. The first-order valence-electron chi connectivity index (χ1n) is 7.64. The molecule has 5 nitrogen and oxygen atoms in total. The molecule has 2 aliphatic rings. The van der Waals surface area contributed by atoms with Gasteiger partial charge in [0, 0.05) is 18.0 Å². The number of piperidine rings is 1. The maximum Gasteiger partial charge on any atom is 0.230 e. The second kappa shape index (κ2) is 4.93. The summed E-state index contributed by atoms with van der Waals surface area (Å²) >= 11 is 0. The van der Waals surface area contributed by atoms with Gasteiger partial charge in [-0.25, -0.2) is 0 Å². The molecule has 0 bridgehead atoms. The van der Waals surface area contributed by atoms with E-state index in [2.05, 4.69) is 15.5 Å². The largest absolute Gasteiger partial charge is 0.339 e. The lowest BCUT2D eigenvalue weighted by Gasteiger charge is -2.22. The number of hydrogen-bond donors (Lipinski definition) is 2. The van der Waals surface area contributed by atoms with E-state index in [4.69, 9.17) is 10.3 Å². The number of nitrogens with one attached hydrogen (secondary N) is 1. The standard InChI is InChI=1S/C16H20N4O/c17-10-11-1-3-12(4-2-11)14-19-15(21-20-14)13-9-16(13)5-7-18-8-6-16/h1-4,13,18H,5-10,17H2. The van der Waals surface area contributed by atoms with Gasteiger partial charge in [0.2, 0.25) is 11.7 Å². The van der Waals surface area contributed by atoms with Crippen molar-refractivity contribution in [1.82, 2.24) is 15.5 Å². The van der Waals surface area contributed by atoms with Crippen molar-refractivity contribution in [2.24, 2.45) is 11.1 Å². The highest BCUT2D eigenvalue weighted by Crippen LogP contribution is 2.63. The molecule has 110 valence electrons. The number of benzene rings is 1. The van der Waals surface area contributed by atoms with Crippen molar-refractivity contribution in [3.05, 3.63) is 35.7 Å². The molecule has 1 aromatic carbocycles. The summed E-state index contributed by atoms with van der Waals surface area (Å²) in [5.41, 5.74) is 8.14. The quantitative estimate of drug-likeness (QED) is 0.902. The summed E-state index contributed by atoms with van der Waals surface area (Å²) < 4.78 is 5.52. The number of nitrogens with zero attached hydrogens (tertiary/aromatic N) is 2. The van der Waals surface area contributed by atoms with Crippen molar-refractivity contribution in [2.75, 3.05) is 13.1 Å². The highest BCUT2D eigenvalue weighted by Gasteiger charge is 2.57. The van der Waals surface area contributed by atoms with Crippen molar-refractivity contribution < 1.29 is 4.52 Å². The van der Waals surface area contributed by atoms with Crippen molar-refractivity contribution in [3.63, 3.8) is 0 Å². The van der Waals surface area contributed by atoms with Crippen LogP contribution < -0.4 is 11.1 Å². The molecule has 0 amide bonds. The highest BCUT2D eigenvalue weighted by atomic mass is 16.5. The van der Waals surface area contributed by atoms with Crippen LogP contribution in [0.15, 0.2) is 28.8 Å². The summed E-state index contributed by atoms with van der Waals surface area (Å²) in [6.07, 6.45) is 3.64. The maximum absolute atomic E-state index is 5.61. The fraction of sp³-hybridized carbons (Fsp3) is 0.500. The Balaban J connectivity index is 1.53. The fourth-order valence-corrected chi connectivity index (χ4v) is 3.46. The molecule has 2 fully saturated rings. The van der Waals surface area contributed by atoms with Gasteiger partial charge in [-0.1, -0.05) is 29.4 Å². The minimum atomic E-state index is 0.429. The van der Waals surface area contributed by atoms with Gasteiger partial charge in [-0.15, -0.1) is 0 Å². The van der Waals surface area contributed by atoms with Gasteiger partial charge >= 0.3 is 0 Å². The molecule has 3 N–H and O–H groups in total. The van der Waals surface area contributed by atoms with Gasteiger partial charge < -0.3 is 15.6 Å². The normalized spacial score (nSPS) is 23.4. The van der Waals surface area contributed by atoms with Crippen LogP contribution in [0, 0.1) is 5.41 Å². The molecule has 21 heavy (non-hydrogen) atoms. The van der Waals surface area contributed by atoms with E-state index in [0.29, 0.717) is 23.7 Å². The van der Waals surface area contributed by atoms with Gasteiger partial charge in [0.15, 0.2) is 0 Å². The molecular formula is C16H20N4O. The van der Waals surface area contributed by atoms with Gasteiger partial charge in [0.25, 0.3) is 0 Å². The molecule has 1 saturated carbocycles. The van der Waals surface area contributed by atoms with Gasteiger partial charge in [-0.3, -0.25) is 0 Å². The van der Waals surface area contributed by atoms with Crippen LogP contribution in [0.2, 0.25) is 0 Å². The molecule has 1 aliphatic heterocycles. The molecule has 4 rings (SSSR count). The Bertz CT molecular complexity index is 628. The van der Waals surface area contributed by atoms with E-state index in [-0.39, 0.29) is 0 Å². The van der Waals surface area contributed by atoms with E-state index in [9.17, 15) is 0 Å².